The third-order valence-corrected chi connectivity index (χ3v) is 6.17. The number of amides is 1. The van der Waals surface area contributed by atoms with E-state index in [0.717, 1.165) is 31.4 Å². The van der Waals surface area contributed by atoms with Gasteiger partial charge in [0.05, 0.1) is 17.6 Å². The molecule has 178 valence electrons. The summed E-state index contributed by atoms with van der Waals surface area (Å²) in [6.07, 6.45) is 6.73. The summed E-state index contributed by atoms with van der Waals surface area (Å²) in [6.45, 7) is 5.97. The van der Waals surface area contributed by atoms with Gasteiger partial charge < -0.3 is 16.4 Å². The van der Waals surface area contributed by atoms with E-state index < -0.39 is 17.6 Å². The van der Waals surface area contributed by atoms with Crippen molar-refractivity contribution in [2.24, 2.45) is 0 Å². The molecule has 0 bridgehead atoms. The van der Waals surface area contributed by atoms with Crippen molar-refractivity contribution in [2.75, 3.05) is 17.6 Å². The lowest BCUT2D eigenvalue weighted by molar-refractivity contribution is 0.102. The molecule has 1 saturated heterocycles. The fourth-order valence-electron chi connectivity index (χ4n) is 4.49. The number of aryl methyl sites for hydroxylation is 2. The molecular weight excluding hydrogens is 435 g/mol. The van der Waals surface area contributed by atoms with Crippen LogP contribution in [0.25, 0.3) is 5.69 Å². The summed E-state index contributed by atoms with van der Waals surface area (Å²) in [5.41, 5.74) is 8.98. The first kappa shape index (κ1) is 23.6. The highest BCUT2D eigenvalue weighted by molar-refractivity contribution is 6.06. The number of hydrogen-bond donors (Lipinski definition) is 3. The van der Waals surface area contributed by atoms with Crippen LogP contribution in [0.4, 0.5) is 15.9 Å². The number of alkyl halides is 1. The van der Waals surface area contributed by atoms with Crippen LogP contribution in [-0.4, -0.2) is 27.0 Å². The fraction of sp³-hybridized carbons (Fsp3) is 0.360. The quantitative estimate of drug-likeness (QED) is 0.527. The van der Waals surface area contributed by atoms with Gasteiger partial charge in [-0.25, -0.2) is 9.37 Å². The Labute approximate surface area is 197 Å². The first-order valence-corrected chi connectivity index (χ1v) is 11.4. The minimum absolute atomic E-state index is 0.166. The molecule has 8 nitrogen and oxygen atoms in total. The maximum absolute atomic E-state index is 13.8. The van der Waals surface area contributed by atoms with Crippen molar-refractivity contribution < 1.29 is 9.18 Å². The van der Waals surface area contributed by atoms with Crippen LogP contribution >= 0.6 is 0 Å². The standard InChI is InChI=1S/C25H29FN6O2/c1-14-8-17(16(3)26)9-15(2)22(14)32-13-30-23(27)21(25(32)34)24(33)31-19-10-18(11-28-12-19)20-6-4-5-7-29-20/h8-13,16,20,29H,4-7,27H2,1-3H3,(H,31,33)/t16-,20+/m0/s1. The van der Waals surface area contributed by atoms with Crippen LogP contribution in [0.1, 0.15) is 71.0 Å². The lowest BCUT2D eigenvalue weighted by Gasteiger charge is -2.23. The number of pyridine rings is 1. The summed E-state index contributed by atoms with van der Waals surface area (Å²) >= 11 is 0. The van der Waals surface area contributed by atoms with Gasteiger partial charge in [0.15, 0.2) is 0 Å². The number of aromatic nitrogens is 3. The van der Waals surface area contributed by atoms with Gasteiger partial charge in [0.25, 0.3) is 11.5 Å². The number of nitrogens with zero attached hydrogens (tertiary/aromatic N) is 3. The van der Waals surface area contributed by atoms with Crippen molar-refractivity contribution in [1.29, 1.82) is 0 Å². The van der Waals surface area contributed by atoms with Gasteiger partial charge in [0, 0.05) is 12.2 Å². The zero-order chi connectivity index (χ0) is 24.4. The van der Waals surface area contributed by atoms with Crippen molar-refractivity contribution in [3.05, 3.63) is 75.1 Å². The van der Waals surface area contributed by atoms with Gasteiger partial charge in [-0.2, -0.15) is 0 Å². The minimum atomic E-state index is -1.14. The van der Waals surface area contributed by atoms with Crippen LogP contribution in [0.3, 0.4) is 0 Å². The molecule has 1 amide bonds. The first-order chi connectivity index (χ1) is 16.3. The highest BCUT2D eigenvalue weighted by Gasteiger charge is 2.22. The molecule has 0 spiro atoms. The largest absolute Gasteiger partial charge is 0.383 e. The lowest BCUT2D eigenvalue weighted by Crippen LogP contribution is -2.31. The summed E-state index contributed by atoms with van der Waals surface area (Å²) in [5, 5.41) is 6.19. The fourth-order valence-corrected chi connectivity index (χ4v) is 4.49. The Bertz CT molecular complexity index is 1260. The van der Waals surface area contributed by atoms with Crippen LogP contribution in [0.15, 0.2) is 41.7 Å². The lowest BCUT2D eigenvalue weighted by atomic mass is 9.99. The van der Waals surface area contributed by atoms with Crippen LogP contribution in [0.2, 0.25) is 0 Å². The third-order valence-electron chi connectivity index (χ3n) is 6.17. The molecule has 4 rings (SSSR count). The van der Waals surface area contributed by atoms with Crippen LogP contribution in [0, 0.1) is 13.8 Å². The predicted octanol–water partition coefficient (Wildman–Crippen LogP) is 3.92. The van der Waals surface area contributed by atoms with Gasteiger partial charge in [-0.3, -0.25) is 19.1 Å². The monoisotopic (exact) mass is 464 g/mol. The SMILES string of the molecule is Cc1cc([C@H](C)F)cc(C)c1-n1cnc(N)c(C(=O)Nc2cncc([C@H]3CCCCN3)c2)c1=O. The second-order valence-electron chi connectivity index (χ2n) is 8.76. The predicted molar refractivity (Wildman–Crippen MR) is 130 cm³/mol. The molecule has 34 heavy (non-hydrogen) atoms. The van der Waals surface area contributed by atoms with Crippen LogP contribution < -0.4 is 21.9 Å². The van der Waals surface area contributed by atoms with Crippen molar-refractivity contribution in [3.63, 3.8) is 0 Å². The third kappa shape index (κ3) is 4.70. The van der Waals surface area contributed by atoms with Gasteiger partial charge in [-0.05, 0) is 68.5 Å². The maximum Gasteiger partial charge on any atom is 0.272 e. The van der Waals surface area contributed by atoms with Crippen molar-refractivity contribution in [3.8, 4) is 5.69 Å². The van der Waals surface area contributed by atoms with E-state index in [2.05, 4.69) is 20.6 Å². The molecule has 0 aliphatic carbocycles. The molecule has 0 saturated carbocycles. The average molecular weight is 465 g/mol. The zero-order valence-electron chi connectivity index (χ0n) is 19.6. The van der Waals surface area contributed by atoms with Gasteiger partial charge in [-0.1, -0.05) is 18.6 Å². The maximum atomic E-state index is 13.8. The molecule has 4 N–H and O–H groups in total. The Hall–Kier alpha value is -3.59. The molecule has 1 aliphatic heterocycles. The summed E-state index contributed by atoms with van der Waals surface area (Å²) in [6, 6.07) is 5.40. The number of nitrogens with one attached hydrogen (secondary N) is 2. The minimum Gasteiger partial charge on any atom is -0.383 e. The zero-order valence-corrected chi connectivity index (χ0v) is 19.6. The number of nitrogens with two attached hydrogens (primary N) is 1. The van der Waals surface area contributed by atoms with Gasteiger partial charge in [0.2, 0.25) is 0 Å². The molecule has 9 heteroatoms. The van der Waals surface area contributed by atoms with Crippen LogP contribution in [-0.2, 0) is 0 Å². The normalized spacial score (nSPS) is 16.8. The van der Waals surface area contributed by atoms with E-state index in [1.165, 1.54) is 24.0 Å². The number of hydrogen-bond acceptors (Lipinski definition) is 6. The average Bonchev–Trinajstić information content (AvgIpc) is 2.80. The molecule has 2 aromatic heterocycles. The van der Waals surface area contributed by atoms with Crippen molar-refractivity contribution >= 4 is 17.4 Å². The molecule has 3 heterocycles. The second-order valence-corrected chi connectivity index (χ2v) is 8.76. The summed E-state index contributed by atoms with van der Waals surface area (Å²) in [7, 11) is 0. The Morgan fingerprint density at radius 3 is 2.62 bits per heavy atom. The molecular formula is C25H29FN6O2. The molecule has 3 aromatic rings. The number of rotatable bonds is 5. The molecule has 1 aromatic carbocycles. The smallest absolute Gasteiger partial charge is 0.272 e. The number of halogens is 1. The van der Waals surface area contributed by atoms with E-state index in [1.54, 1.807) is 32.2 Å². The van der Waals surface area contributed by atoms with E-state index in [-0.39, 0.29) is 17.4 Å². The molecule has 2 atom stereocenters. The van der Waals surface area contributed by atoms with Crippen LogP contribution in [0.5, 0.6) is 0 Å². The second kappa shape index (κ2) is 9.72. The first-order valence-electron chi connectivity index (χ1n) is 11.4. The van der Waals surface area contributed by atoms with Crippen molar-refractivity contribution in [1.82, 2.24) is 19.9 Å². The molecule has 1 fully saturated rings. The highest BCUT2D eigenvalue weighted by atomic mass is 19.1. The van der Waals surface area contributed by atoms with E-state index in [1.807, 2.05) is 6.07 Å². The molecule has 1 aliphatic rings. The number of benzene rings is 1. The number of anilines is 2. The van der Waals surface area contributed by atoms with E-state index >= 15 is 0 Å². The molecule has 0 unspecified atom stereocenters. The summed E-state index contributed by atoms with van der Waals surface area (Å²) in [5.74, 6) is -0.828. The number of carbonyl (C=O) groups is 1. The Kier molecular flexibility index (Phi) is 6.74. The summed E-state index contributed by atoms with van der Waals surface area (Å²) < 4.78 is 15.1. The van der Waals surface area contributed by atoms with Crippen molar-refractivity contribution in [2.45, 2.75) is 52.2 Å². The summed E-state index contributed by atoms with van der Waals surface area (Å²) in [4.78, 5) is 34.8. The molecule has 0 radical (unpaired) electrons. The number of nitrogen functional groups attached to an aromatic ring is 1. The number of carbonyl (C=O) groups excluding carboxylic acids is 1. The highest BCUT2D eigenvalue weighted by Crippen LogP contribution is 2.26. The van der Waals surface area contributed by atoms with Gasteiger partial charge in [0.1, 0.15) is 23.9 Å². The van der Waals surface area contributed by atoms with Gasteiger partial charge in [-0.15, -0.1) is 0 Å². The van der Waals surface area contributed by atoms with Gasteiger partial charge >= 0.3 is 0 Å². The Morgan fingerprint density at radius 2 is 1.97 bits per heavy atom. The van der Waals surface area contributed by atoms with E-state index in [4.69, 9.17) is 5.73 Å². The topological polar surface area (TPSA) is 115 Å². The number of piperidine rings is 1. The van der Waals surface area contributed by atoms with E-state index in [9.17, 15) is 14.0 Å². The Balaban J connectivity index is 1.67. The van der Waals surface area contributed by atoms with E-state index in [0.29, 0.717) is 28.1 Å². The Morgan fingerprint density at radius 1 is 1.24 bits per heavy atom.